The zero-order chi connectivity index (χ0) is 29.1. The first kappa shape index (κ1) is 32.5. The Morgan fingerprint density at radius 2 is 1.50 bits per heavy atom. The van der Waals surface area contributed by atoms with E-state index >= 15 is 0 Å². The number of Topliss-reactive ketones (excluding diaryl/α,β-unsaturated/α-hetero) is 1. The van der Waals surface area contributed by atoms with Crippen LogP contribution in [0.1, 0.15) is 78.6 Å². The van der Waals surface area contributed by atoms with Gasteiger partial charge in [0.15, 0.2) is 17.3 Å². The Morgan fingerprint density at radius 1 is 0.947 bits per heavy atom. The molecule has 0 fully saturated rings. The second-order valence-corrected chi connectivity index (χ2v) is 10.8. The Balaban J connectivity index is 0.000000508. The van der Waals surface area contributed by atoms with Gasteiger partial charge in [0, 0.05) is 19.2 Å². The van der Waals surface area contributed by atoms with Crippen molar-refractivity contribution in [1.29, 1.82) is 0 Å². The molecule has 0 radical (unpaired) electrons. The minimum Gasteiger partial charge on any atom is -0.454 e. The number of hydrogen-bond donors (Lipinski definition) is 2. The number of alkyl carbamates (subject to hydrolysis) is 2. The molecule has 0 bridgehead atoms. The lowest BCUT2D eigenvalue weighted by Gasteiger charge is -2.25. The van der Waals surface area contributed by atoms with E-state index in [1.807, 2.05) is 20.8 Å². The Morgan fingerprint density at radius 3 is 2.05 bits per heavy atom. The van der Waals surface area contributed by atoms with E-state index in [1.165, 1.54) is 11.9 Å². The van der Waals surface area contributed by atoms with Crippen LogP contribution in [0.3, 0.4) is 0 Å². The van der Waals surface area contributed by atoms with E-state index in [2.05, 4.69) is 17.6 Å². The number of benzene rings is 1. The van der Waals surface area contributed by atoms with Gasteiger partial charge in [-0.2, -0.15) is 0 Å². The van der Waals surface area contributed by atoms with Gasteiger partial charge in [0.05, 0.1) is 6.04 Å². The smallest absolute Gasteiger partial charge is 0.408 e. The predicted octanol–water partition coefficient (Wildman–Crippen LogP) is 4.28. The van der Waals surface area contributed by atoms with Gasteiger partial charge in [0.25, 0.3) is 0 Å². The number of unbranched alkanes of at least 4 members (excludes halogenated alkanes) is 1. The summed E-state index contributed by atoms with van der Waals surface area (Å²) in [5, 5.41) is 5.07. The van der Waals surface area contributed by atoms with Gasteiger partial charge in [-0.05, 0) is 73.1 Å². The summed E-state index contributed by atoms with van der Waals surface area (Å²) in [6, 6.07) is 4.18. The van der Waals surface area contributed by atoms with E-state index in [0.717, 1.165) is 12.8 Å². The van der Waals surface area contributed by atoms with Crippen LogP contribution < -0.4 is 20.1 Å². The fourth-order valence-corrected chi connectivity index (χ4v) is 2.95. The molecule has 1 aliphatic heterocycles. The fraction of sp³-hybridized carbons (Fsp3) is 0.630. The van der Waals surface area contributed by atoms with Crippen molar-refractivity contribution in [3.8, 4) is 11.5 Å². The highest BCUT2D eigenvalue weighted by Crippen LogP contribution is 2.33. The van der Waals surface area contributed by atoms with Crippen LogP contribution in [0.5, 0.6) is 11.5 Å². The minimum atomic E-state index is -0.705. The molecule has 1 aromatic rings. The summed E-state index contributed by atoms with van der Waals surface area (Å²) < 4.78 is 20.6. The van der Waals surface area contributed by atoms with E-state index in [1.54, 1.807) is 45.9 Å². The third-order valence-electron chi connectivity index (χ3n) is 4.99. The average Bonchev–Trinajstić information content (AvgIpc) is 3.27. The third-order valence-corrected chi connectivity index (χ3v) is 4.99. The number of nitrogens with one attached hydrogen (secondary N) is 2. The molecular formula is C27H43N3O8. The van der Waals surface area contributed by atoms with Crippen molar-refractivity contribution in [1.82, 2.24) is 15.5 Å². The van der Waals surface area contributed by atoms with Crippen LogP contribution in [-0.2, 0) is 14.3 Å². The second-order valence-electron chi connectivity index (χ2n) is 10.8. The summed E-state index contributed by atoms with van der Waals surface area (Å²) in [4.78, 5) is 48.8. The largest absolute Gasteiger partial charge is 0.454 e. The Hall–Kier alpha value is -3.50. The highest BCUT2D eigenvalue weighted by Gasteiger charge is 2.26. The van der Waals surface area contributed by atoms with E-state index in [-0.39, 0.29) is 25.2 Å². The normalized spacial score (nSPS) is 12.9. The SMILES string of the molecule is CC(C(=O)c1ccc2c(c1)OCO2)N(C)C(=O)CNC(=O)OC(C)(C)C.CCCCNC(=O)OC(C)(C)C. The summed E-state index contributed by atoms with van der Waals surface area (Å²) in [6.45, 7) is 15.0. The molecule has 214 valence electrons. The van der Waals surface area contributed by atoms with Crippen LogP contribution in [0.15, 0.2) is 18.2 Å². The molecule has 11 nitrogen and oxygen atoms in total. The standard InChI is InChI=1S/C18H24N2O6.C9H19NO2/c1-11(16(22)12-6-7-13-14(8-12)25-10-24-13)20(5)15(21)9-19-17(23)26-18(2,3)4;1-5-6-7-10-8(11)12-9(2,3)4/h6-8,11H,9-10H2,1-5H3,(H,19,23);5-7H2,1-4H3,(H,10,11). The van der Waals surface area contributed by atoms with Crippen LogP contribution in [-0.4, -0.2) is 73.0 Å². The number of fused-ring (bicyclic) bond motifs is 1. The fourth-order valence-electron chi connectivity index (χ4n) is 2.95. The maximum absolute atomic E-state index is 12.6. The van der Waals surface area contributed by atoms with Gasteiger partial charge in [-0.15, -0.1) is 0 Å². The number of carbonyl (C=O) groups is 4. The van der Waals surface area contributed by atoms with Crippen LogP contribution in [0, 0.1) is 0 Å². The zero-order valence-electron chi connectivity index (χ0n) is 24.1. The maximum atomic E-state index is 12.6. The first-order valence-corrected chi connectivity index (χ1v) is 12.7. The number of carbonyl (C=O) groups excluding carboxylic acids is 4. The van der Waals surface area contributed by atoms with E-state index in [4.69, 9.17) is 18.9 Å². The molecule has 0 saturated heterocycles. The molecule has 3 amide bonds. The number of amides is 3. The van der Waals surface area contributed by atoms with Gasteiger partial charge in [0.1, 0.15) is 17.7 Å². The molecule has 0 aliphatic carbocycles. The van der Waals surface area contributed by atoms with Gasteiger partial charge in [-0.1, -0.05) is 13.3 Å². The Labute approximate surface area is 225 Å². The monoisotopic (exact) mass is 537 g/mol. The number of ketones is 1. The van der Waals surface area contributed by atoms with Crippen molar-refractivity contribution in [3.05, 3.63) is 23.8 Å². The van der Waals surface area contributed by atoms with E-state index in [0.29, 0.717) is 23.6 Å². The van der Waals surface area contributed by atoms with Crippen molar-refractivity contribution in [2.45, 2.75) is 85.5 Å². The summed E-state index contributed by atoms with van der Waals surface area (Å²) in [6.07, 6.45) is 1.07. The molecule has 11 heteroatoms. The van der Waals surface area contributed by atoms with Crippen molar-refractivity contribution >= 4 is 23.9 Å². The van der Waals surface area contributed by atoms with Crippen molar-refractivity contribution in [3.63, 3.8) is 0 Å². The zero-order valence-corrected chi connectivity index (χ0v) is 24.1. The quantitative estimate of drug-likeness (QED) is 0.371. The van der Waals surface area contributed by atoms with Crippen molar-refractivity contribution in [2.24, 2.45) is 0 Å². The lowest BCUT2D eigenvalue weighted by molar-refractivity contribution is -0.130. The molecule has 38 heavy (non-hydrogen) atoms. The summed E-state index contributed by atoms with van der Waals surface area (Å²) >= 11 is 0. The molecule has 1 unspecified atom stereocenters. The molecule has 0 spiro atoms. The van der Waals surface area contributed by atoms with Crippen LogP contribution in [0.2, 0.25) is 0 Å². The summed E-state index contributed by atoms with van der Waals surface area (Å²) in [7, 11) is 1.51. The highest BCUT2D eigenvalue weighted by atomic mass is 16.7. The van der Waals surface area contributed by atoms with Crippen molar-refractivity contribution < 1.29 is 38.1 Å². The minimum absolute atomic E-state index is 0.122. The van der Waals surface area contributed by atoms with Gasteiger partial charge in [-0.3, -0.25) is 9.59 Å². The second kappa shape index (κ2) is 14.4. The molecule has 1 aromatic carbocycles. The lowest BCUT2D eigenvalue weighted by atomic mass is 10.0. The molecule has 0 aromatic heterocycles. The molecule has 1 aliphatic rings. The van der Waals surface area contributed by atoms with E-state index in [9.17, 15) is 19.2 Å². The maximum Gasteiger partial charge on any atom is 0.408 e. The molecule has 1 atom stereocenters. The number of hydrogen-bond acceptors (Lipinski definition) is 8. The lowest BCUT2D eigenvalue weighted by Crippen LogP contribution is -2.46. The number of rotatable bonds is 8. The molecule has 0 saturated carbocycles. The number of nitrogens with zero attached hydrogens (tertiary/aromatic N) is 1. The van der Waals surface area contributed by atoms with Crippen LogP contribution in [0.25, 0.3) is 0 Å². The molecular weight excluding hydrogens is 494 g/mol. The molecule has 2 N–H and O–H groups in total. The summed E-state index contributed by atoms with van der Waals surface area (Å²) in [5.74, 6) is 0.442. The van der Waals surface area contributed by atoms with Gasteiger partial charge < -0.3 is 34.5 Å². The number of ether oxygens (including phenoxy) is 4. The molecule has 2 rings (SSSR count). The predicted molar refractivity (Wildman–Crippen MR) is 143 cm³/mol. The van der Waals surface area contributed by atoms with Gasteiger partial charge in [-0.25, -0.2) is 9.59 Å². The topological polar surface area (TPSA) is 132 Å². The highest BCUT2D eigenvalue weighted by molar-refractivity contribution is 6.02. The molecule has 1 heterocycles. The first-order chi connectivity index (χ1) is 17.5. The van der Waals surface area contributed by atoms with Crippen LogP contribution >= 0.6 is 0 Å². The average molecular weight is 538 g/mol. The Kier molecular flexibility index (Phi) is 12.4. The van der Waals surface area contributed by atoms with Crippen LogP contribution in [0.4, 0.5) is 9.59 Å². The van der Waals surface area contributed by atoms with Crippen molar-refractivity contribution in [2.75, 3.05) is 26.9 Å². The summed E-state index contributed by atoms with van der Waals surface area (Å²) in [5.41, 5.74) is -0.626. The number of likely N-dealkylation sites (N-methyl/N-ethyl adjacent to an activating group) is 1. The van der Waals surface area contributed by atoms with Gasteiger partial charge >= 0.3 is 12.2 Å². The first-order valence-electron chi connectivity index (χ1n) is 12.7. The van der Waals surface area contributed by atoms with Gasteiger partial charge in [0.2, 0.25) is 12.7 Å². The Bertz CT molecular complexity index is 966. The third kappa shape index (κ3) is 12.2. The van der Waals surface area contributed by atoms with E-state index < -0.39 is 29.2 Å².